The predicted octanol–water partition coefficient (Wildman–Crippen LogP) is 6.53. The molecule has 1 unspecified atom stereocenters. The fourth-order valence-corrected chi connectivity index (χ4v) is 11.2. The molecule has 3 N–H and O–H groups in total. The summed E-state index contributed by atoms with van der Waals surface area (Å²) in [5.74, 6) is 1.30. The summed E-state index contributed by atoms with van der Waals surface area (Å²) < 4.78 is 6.13. The molecule has 11 atom stereocenters. The van der Waals surface area contributed by atoms with Crippen LogP contribution >= 0.6 is 0 Å². The molecule has 0 saturated heterocycles. The number of aliphatic hydroxyl groups excluding tert-OH is 1. The third-order valence-corrected chi connectivity index (χ3v) is 13.2. The van der Waals surface area contributed by atoms with E-state index >= 15 is 0 Å². The van der Waals surface area contributed by atoms with Gasteiger partial charge in [0.05, 0.1) is 6.10 Å². The third-order valence-electron chi connectivity index (χ3n) is 13.2. The van der Waals surface area contributed by atoms with Crippen molar-refractivity contribution in [3.63, 3.8) is 0 Å². The Kier molecular flexibility index (Phi) is 7.32. The van der Waals surface area contributed by atoms with Gasteiger partial charge in [0, 0.05) is 24.5 Å². The van der Waals surface area contributed by atoms with E-state index < -0.39 is 0 Å². The Balaban J connectivity index is 1.64. The highest BCUT2D eigenvalue weighted by Gasteiger charge is 2.70. The van der Waals surface area contributed by atoms with Crippen LogP contribution in [-0.4, -0.2) is 35.1 Å². The summed E-state index contributed by atoms with van der Waals surface area (Å²) >= 11 is 0. The molecule has 0 amide bonds. The lowest BCUT2D eigenvalue weighted by molar-refractivity contribution is -0.201. The Morgan fingerprint density at radius 3 is 2.28 bits per heavy atom. The molecule has 0 aromatic rings. The second kappa shape index (κ2) is 9.82. The van der Waals surface area contributed by atoms with Crippen LogP contribution < -0.4 is 5.73 Å². The molecule has 0 aliphatic heterocycles. The number of carbonyl (C=O) groups excluding carboxylic acids is 2. The fraction of sp³-hybridized carbons (Fsp3) is 0.824. The SMILES string of the molecule is CC(=O)O[C@H]1C[C@@]2(C)[C@H](/C1=C(/C(C)=O)C1CCC(=C(C)C)C1)[C@@H](N)C[C@H]1[C@@]3(C)CC[C@@H](O)[C@@H](C)[C@@H]3CC[C@@]12C. The quantitative estimate of drug-likeness (QED) is 0.242. The molecular weight excluding hydrogens is 486 g/mol. The molecule has 0 aromatic heterocycles. The van der Waals surface area contributed by atoms with E-state index in [1.807, 2.05) is 0 Å². The van der Waals surface area contributed by atoms with Crippen LogP contribution in [0.2, 0.25) is 0 Å². The van der Waals surface area contributed by atoms with E-state index in [2.05, 4.69) is 41.5 Å². The Morgan fingerprint density at radius 1 is 1.00 bits per heavy atom. The normalized spacial score (nSPS) is 48.6. The number of fused-ring (bicyclic) bond motifs is 5. The largest absolute Gasteiger partial charge is 0.458 e. The van der Waals surface area contributed by atoms with Crippen molar-refractivity contribution < 1.29 is 19.4 Å². The Hall–Kier alpha value is -1.46. The number of allylic oxidation sites excluding steroid dienone is 3. The highest BCUT2D eigenvalue weighted by Crippen LogP contribution is 2.74. The molecule has 5 saturated carbocycles. The Morgan fingerprint density at radius 2 is 1.69 bits per heavy atom. The summed E-state index contributed by atoms with van der Waals surface area (Å²) in [6.07, 6.45) is 8.12. The number of Topliss-reactive ketones (excluding diaryl/α,β-unsaturated/α-hetero) is 1. The van der Waals surface area contributed by atoms with Gasteiger partial charge in [-0.15, -0.1) is 0 Å². The number of nitrogens with two attached hydrogens (primary N) is 1. The van der Waals surface area contributed by atoms with Crippen molar-refractivity contribution in [2.24, 2.45) is 51.6 Å². The van der Waals surface area contributed by atoms with Crippen LogP contribution in [0.5, 0.6) is 0 Å². The highest BCUT2D eigenvalue weighted by molar-refractivity contribution is 5.95. The molecule has 5 aliphatic carbocycles. The van der Waals surface area contributed by atoms with Crippen molar-refractivity contribution in [3.8, 4) is 0 Å². The maximum absolute atomic E-state index is 13.5. The van der Waals surface area contributed by atoms with Gasteiger partial charge in [-0.25, -0.2) is 0 Å². The first-order chi connectivity index (χ1) is 18.2. The van der Waals surface area contributed by atoms with Gasteiger partial charge in [-0.1, -0.05) is 38.8 Å². The number of ether oxygens (including phenoxy) is 1. The zero-order valence-electron chi connectivity index (χ0n) is 25.7. The van der Waals surface area contributed by atoms with Crippen molar-refractivity contribution in [1.82, 2.24) is 0 Å². The third kappa shape index (κ3) is 4.23. The van der Waals surface area contributed by atoms with E-state index in [1.165, 1.54) is 18.1 Å². The lowest BCUT2D eigenvalue weighted by Crippen LogP contribution is -2.65. The van der Waals surface area contributed by atoms with E-state index in [9.17, 15) is 14.7 Å². The average molecular weight is 540 g/mol. The number of hydrogen-bond acceptors (Lipinski definition) is 5. The minimum absolute atomic E-state index is 0.0175. The number of ketones is 1. The molecule has 5 aliphatic rings. The van der Waals surface area contributed by atoms with E-state index in [0.29, 0.717) is 17.8 Å². The lowest BCUT2D eigenvalue weighted by atomic mass is 9.36. The van der Waals surface area contributed by atoms with Crippen molar-refractivity contribution in [1.29, 1.82) is 0 Å². The fourth-order valence-electron chi connectivity index (χ4n) is 11.2. The number of rotatable bonds is 3. The van der Waals surface area contributed by atoms with Gasteiger partial charge in [0.25, 0.3) is 0 Å². The standard InChI is InChI=1S/C34H53NO4/c1-18(2)22-9-10-23(15-22)29(20(4)36)30-27(39-21(5)37)17-34(8)31(30)25(35)16-28-32(6)13-12-26(38)19(3)24(32)11-14-33(28,34)7/h19,23-28,31,38H,9-17,35H2,1-8H3/b30-29-/t19-,23?,24-,25-,26+,27-,28-,31-,32-,33-,34-/m0/s1. The van der Waals surface area contributed by atoms with Crippen LogP contribution in [0.4, 0.5) is 0 Å². The summed E-state index contributed by atoms with van der Waals surface area (Å²) in [5, 5.41) is 10.8. The molecule has 0 radical (unpaired) electrons. The van der Waals surface area contributed by atoms with Crippen molar-refractivity contribution in [2.45, 2.75) is 131 Å². The van der Waals surface area contributed by atoms with Crippen molar-refractivity contribution >= 4 is 11.8 Å². The summed E-state index contributed by atoms with van der Waals surface area (Å²) in [7, 11) is 0. The first-order valence-corrected chi connectivity index (χ1v) is 15.7. The van der Waals surface area contributed by atoms with E-state index in [1.54, 1.807) is 6.92 Å². The van der Waals surface area contributed by atoms with Gasteiger partial charge in [0.1, 0.15) is 6.10 Å². The minimum Gasteiger partial charge on any atom is -0.458 e. The molecule has 5 heteroatoms. The first kappa shape index (κ1) is 29.0. The van der Waals surface area contributed by atoms with Gasteiger partial charge in [-0.3, -0.25) is 9.59 Å². The monoisotopic (exact) mass is 539 g/mol. The molecule has 5 rings (SSSR count). The summed E-state index contributed by atoms with van der Waals surface area (Å²) in [6.45, 7) is 17.2. The van der Waals surface area contributed by atoms with Crippen LogP contribution in [0.1, 0.15) is 113 Å². The van der Waals surface area contributed by atoms with Crippen LogP contribution in [0.25, 0.3) is 0 Å². The van der Waals surface area contributed by atoms with Crippen LogP contribution in [0.3, 0.4) is 0 Å². The molecule has 5 nitrogen and oxygen atoms in total. The molecular formula is C34H53NO4. The van der Waals surface area contributed by atoms with E-state index in [4.69, 9.17) is 10.5 Å². The van der Waals surface area contributed by atoms with Crippen molar-refractivity contribution in [2.75, 3.05) is 0 Å². The molecule has 0 aromatic carbocycles. The summed E-state index contributed by atoms with van der Waals surface area (Å²) in [6, 6.07) is -0.0833. The van der Waals surface area contributed by atoms with Crippen molar-refractivity contribution in [3.05, 3.63) is 22.3 Å². The zero-order chi connectivity index (χ0) is 28.7. The molecule has 0 spiro atoms. The van der Waals surface area contributed by atoms with E-state index in [0.717, 1.165) is 68.9 Å². The Bertz CT molecular complexity index is 1100. The van der Waals surface area contributed by atoms with Crippen LogP contribution in [-0.2, 0) is 14.3 Å². The molecule has 218 valence electrons. The Labute approximate surface area is 236 Å². The first-order valence-electron chi connectivity index (χ1n) is 15.7. The van der Waals surface area contributed by atoms with Gasteiger partial charge in [-0.05, 0) is 124 Å². The van der Waals surface area contributed by atoms with Gasteiger partial charge in [0.15, 0.2) is 5.78 Å². The van der Waals surface area contributed by atoms with Gasteiger partial charge >= 0.3 is 5.97 Å². The summed E-state index contributed by atoms with van der Waals surface area (Å²) in [4.78, 5) is 26.0. The number of carbonyl (C=O) groups is 2. The molecule has 5 fully saturated rings. The predicted molar refractivity (Wildman–Crippen MR) is 155 cm³/mol. The van der Waals surface area contributed by atoms with Crippen LogP contribution in [0.15, 0.2) is 22.3 Å². The molecule has 0 heterocycles. The van der Waals surface area contributed by atoms with Gasteiger partial charge in [-0.2, -0.15) is 0 Å². The maximum Gasteiger partial charge on any atom is 0.303 e. The highest BCUT2D eigenvalue weighted by atomic mass is 16.5. The molecule has 39 heavy (non-hydrogen) atoms. The average Bonchev–Trinajstić information content (AvgIpc) is 3.43. The zero-order valence-corrected chi connectivity index (χ0v) is 25.7. The second-order valence-corrected chi connectivity index (χ2v) is 15.2. The lowest BCUT2D eigenvalue weighted by Gasteiger charge is -2.68. The van der Waals surface area contributed by atoms with Gasteiger partial charge < -0.3 is 15.6 Å². The second-order valence-electron chi connectivity index (χ2n) is 15.2. The number of hydrogen-bond donors (Lipinski definition) is 2. The topological polar surface area (TPSA) is 89.6 Å². The number of aliphatic hydroxyl groups is 1. The number of esters is 1. The van der Waals surface area contributed by atoms with Gasteiger partial charge in [0.2, 0.25) is 0 Å². The molecule has 0 bridgehead atoms. The van der Waals surface area contributed by atoms with Crippen LogP contribution in [0, 0.1) is 45.8 Å². The summed E-state index contributed by atoms with van der Waals surface area (Å²) in [5.41, 5.74) is 12.0. The minimum atomic E-state index is -0.383. The van der Waals surface area contributed by atoms with E-state index in [-0.39, 0.29) is 58.1 Å². The smallest absolute Gasteiger partial charge is 0.303 e. The maximum atomic E-state index is 13.5.